The maximum atomic E-state index is 10.6. The zero-order valence-corrected chi connectivity index (χ0v) is 8.96. The number of carboxylic acids is 1. The largest absolute Gasteiger partial charge is 0.481 e. The SMILES string of the molecule is CC(CCCC1CCNCC1)C(=O)O. The second-order valence-electron chi connectivity index (χ2n) is 4.36. The van der Waals surface area contributed by atoms with E-state index >= 15 is 0 Å². The molecule has 1 atom stereocenters. The van der Waals surface area contributed by atoms with Crippen molar-refractivity contribution in [1.29, 1.82) is 0 Å². The Balaban J connectivity index is 2.05. The molecule has 1 fully saturated rings. The second-order valence-corrected chi connectivity index (χ2v) is 4.36. The maximum absolute atomic E-state index is 10.6. The molecule has 0 aromatic carbocycles. The fourth-order valence-electron chi connectivity index (χ4n) is 2.01. The van der Waals surface area contributed by atoms with Crippen molar-refractivity contribution >= 4 is 5.97 Å². The minimum atomic E-state index is -0.657. The van der Waals surface area contributed by atoms with E-state index in [9.17, 15) is 4.79 Å². The number of carbonyl (C=O) groups is 1. The molecule has 0 saturated carbocycles. The summed E-state index contributed by atoms with van der Waals surface area (Å²) in [4.78, 5) is 10.6. The van der Waals surface area contributed by atoms with E-state index in [-0.39, 0.29) is 5.92 Å². The number of carboxylic acid groups (broad SMARTS) is 1. The topological polar surface area (TPSA) is 49.3 Å². The second kappa shape index (κ2) is 6.02. The van der Waals surface area contributed by atoms with Gasteiger partial charge in [0.1, 0.15) is 0 Å². The van der Waals surface area contributed by atoms with Crippen molar-refractivity contribution in [2.75, 3.05) is 13.1 Å². The van der Waals surface area contributed by atoms with Gasteiger partial charge in [-0.15, -0.1) is 0 Å². The van der Waals surface area contributed by atoms with E-state index in [0.29, 0.717) is 0 Å². The quantitative estimate of drug-likeness (QED) is 0.710. The average Bonchev–Trinajstić information content (AvgIpc) is 2.19. The smallest absolute Gasteiger partial charge is 0.306 e. The highest BCUT2D eigenvalue weighted by Crippen LogP contribution is 2.20. The lowest BCUT2D eigenvalue weighted by atomic mass is 9.91. The molecule has 1 unspecified atom stereocenters. The molecule has 0 aliphatic carbocycles. The van der Waals surface area contributed by atoms with Gasteiger partial charge in [0.05, 0.1) is 5.92 Å². The third-order valence-electron chi connectivity index (χ3n) is 3.13. The molecule has 3 heteroatoms. The van der Waals surface area contributed by atoms with E-state index in [2.05, 4.69) is 5.32 Å². The monoisotopic (exact) mass is 199 g/mol. The molecule has 14 heavy (non-hydrogen) atoms. The lowest BCUT2D eigenvalue weighted by Crippen LogP contribution is -2.27. The number of rotatable bonds is 5. The Labute approximate surface area is 85.9 Å². The van der Waals surface area contributed by atoms with E-state index in [1.54, 1.807) is 6.92 Å². The Morgan fingerprint density at radius 2 is 2.14 bits per heavy atom. The molecule has 1 saturated heterocycles. The molecule has 0 radical (unpaired) electrons. The minimum Gasteiger partial charge on any atom is -0.481 e. The molecular formula is C11H21NO2. The van der Waals surface area contributed by atoms with Crippen LogP contribution in [0.25, 0.3) is 0 Å². The number of aliphatic carboxylic acids is 1. The van der Waals surface area contributed by atoms with Crippen molar-refractivity contribution in [3.8, 4) is 0 Å². The molecule has 1 heterocycles. The Hall–Kier alpha value is -0.570. The molecule has 0 bridgehead atoms. The summed E-state index contributed by atoms with van der Waals surface area (Å²) in [5.74, 6) is 0.00395. The Morgan fingerprint density at radius 3 is 2.71 bits per heavy atom. The van der Waals surface area contributed by atoms with Crippen molar-refractivity contribution in [1.82, 2.24) is 5.32 Å². The maximum Gasteiger partial charge on any atom is 0.306 e. The van der Waals surface area contributed by atoms with Crippen molar-refractivity contribution in [3.63, 3.8) is 0 Å². The first-order valence-electron chi connectivity index (χ1n) is 5.63. The molecule has 2 N–H and O–H groups in total. The van der Waals surface area contributed by atoms with Gasteiger partial charge in [-0.2, -0.15) is 0 Å². The van der Waals surface area contributed by atoms with Crippen molar-refractivity contribution in [2.24, 2.45) is 11.8 Å². The Kier molecular flexibility index (Phi) is 4.94. The van der Waals surface area contributed by atoms with Crippen molar-refractivity contribution < 1.29 is 9.90 Å². The zero-order chi connectivity index (χ0) is 10.4. The van der Waals surface area contributed by atoms with Crippen molar-refractivity contribution in [2.45, 2.75) is 39.0 Å². The Bertz CT molecular complexity index is 176. The zero-order valence-electron chi connectivity index (χ0n) is 8.96. The first kappa shape index (κ1) is 11.5. The third kappa shape index (κ3) is 4.09. The fraction of sp³-hybridized carbons (Fsp3) is 0.909. The van der Waals surface area contributed by atoms with Gasteiger partial charge < -0.3 is 10.4 Å². The van der Waals surface area contributed by atoms with Gasteiger partial charge in [0.2, 0.25) is 0 Å². The van der Waals surface area contributed by atoms with E-state index in [4.69, 9.17) is 5.11 Å². The van der Waals surface area contributed by atoms with Crippen LogP contribution in [0.5, 0.6) is 0 Å². The van der Waals surface area contributed by atoms with E-state index in [1.165, 1.54) is 19.3 Å². The molecule has 3 nitrogen and oxygen atoms in total. The van der Waals surface area contributed by atoms with Gasteiger partial charge >= 0.3 is 5.97 Å². The number of piperidine rings is 1. The third-order valence-corrected chi connectivity index (χ3v) is 3.13. The van der Waals surface area contributed by atoms with E-state index < -0.39 is 5.97 Å². The van der Waals surface area contributed by atoms with Crippen LogP contribution in [0, 0.1) is 11.8 Å². The molecule has 0 amide bonds. The Morgan fingerprint density at radius 1 is 1.50 bits per heavy atom. The summed E-state index contributed by atoms with van der Waals surface area (Å²) in [6.45, 7) is 4.07. The van der Waals surface area contributed by atoms with Crippen LogP contribution in [0.4, 0.5) is 0 Å². The number of hydrogen-bond donors (Lipinski definition) is 2. The summed E-state index contributed by atoms with van der Waals surface area (Å²) in [6, 6.07) is 0. The molecular weight excluding hydrogens is 178 g/mol. The van der Waals surface area contributed by atoms with Gasteiger partial charge in [0.25, 0.3) is 0 Å². The van der Waals surface area contributed by atoms with Gasteiger partial charge in [-0.05, 0) is 38.3 Å². The normalized spacial score (nSPS) is 20.6. The van der Waals surface area contributed by atoms with Crippen LogP contribution in [-0.2, 0) is 4.79 Å². The number of nitrogens with one attached hydrogen (secondary N) is 1. The van der Waals surface area contributed by atoms with E-state index in [0.717, 1.165) is 31.8 Å². The molecule has 0 spiro atoms. The fourth-order valence-corrected chi connectivity index (χ4v) is 2.01. The highest BCUT2D eigenvalue weighted by atomic mass is 16.4. The molecule has 1 aliphatic rings. The standard InChI is InChI=1S/C11H21NO2/c1-9(11(13)14)3-2-4-10-5-7-12-8-6-10/h9-10,12H,2-8H2,1H3,(H,13,14). The summed E-state index contributed by atoms with van der Waals surface area (Å²) in [5, 5.41) is 12.0. The number of hydrogen-bond acceptors (Lipinski definition) is 2. The molecule has 0 aromatic heterocycles. The molecule has 0 aromatic rings. The lowest BCUT2D eigenvalue weighted by molar-refractivity contribution is -0.141. The van der Waals surface area contributed by atoms with Crippen LogP contribution in [-0.4, -0.2) is 24.2 Å². The first-order valence-corrected chi connectivity index (χ1v) is 5.63. The summed E-state index contributed by atoms with van der Waals surface area (Å²) in [5.41, 5.74) is 0. The predicted octanol–water partition coefficient (Wildman–Crippen LogP) is 1.88. The highest BCUT2D eigenvalue weighted by Gasteiger charge is 2.15. The van der Waals surface area contributed by atoms with E-state index in [1.807, 2.05) is 0 Å². The molecule has 82 valence electrons. The van der Waals surface area contributed by atoms with Gasteiger partial charge in [0.15, 0.2) is 0 Å². The van der Waals surface area contributed by atoms with Crippen LogP contribution >= 0.6 is 0 Å². The molecule has 1 aliphatic heterocycles. The summed E-state index contributed by atoms with van der Waals surface area (Å²) in [7, 11) is 0. The summed E-state index contributed by atoms with van der Waals surface area (Å²) >= 11 is 0. The van der Waals surface area contributed by atoms with Gasteiger partial charge in [-0.3, -0.25) is 4.79 Å². The van der Waals surface area contributed by atoms with Gasteiger partial charge in [0, 0.05) is 0 Å². The van der Waals surface area contributed by atoms with Crippen LogP contribution in [0.15, 0.2) is 0 Å². The highest BCUT2D eigenvalue weighted by molar-refractivity contribution is 5.69. The van der Waals surface area contributed by atoms with Crippen molar-refractivity contribution in [3.05, 3.63) is 0 Å². The average molecular weight is 199 g/mol. The van der Waals surface area contributed by atoms with Crippen LogP contribution < -0.4 is 5.32 Å². The minimum absolute atomic E-state index is 0.170. The van der Waals surface area contributed by atoms with Gasteiger partial charge in [-0.25, -0.2) is 0 Å². The van der Waals surface area contributed by atoms with Crippen LogP contribution in [0.2, 0.25) is 0 Å². The molecule has 1 rings (SSSR count). The lowest BCUT2D eigenvalue weighted by Gasteiger charge is -2.22. The first-order chi connectivity index (χ1) is 6.70. The van der Waals surface area contributed by atoms with Crippen LogP contribution in [0.1, 0.15) is 39.0 Å². The summed E-state index contributed by atoms with van der Waals surface area (Å²) in [6.07, 6.45) is 5.64. The predicted molar refractivity (Wildman–Crippen MR) is 56.2 cm³/mol. The van der Waals surface area contributed by atoms with Crippen LogP contribution in [0.3, 0.4) is 0 Å². The summed E-state index contributed by atoms with van der Waals surface area (Å²) < 4.78 is 0. The van der Waals surface area contributed by atoms with Gasteiger partial charge in [-0.1, -0.05) is 19.8 Å².